The minimum Gasteiger partial charge on any atom is -0.461 e. The van der Waals surface area contributed by atoms with Crippen molar-refractivity contribution in [3.63, 3.8) is 0 Å². The van der Waals surface area contributed by atoms with E-state index in [2.05, 4.69) is 0 Å². The number of benzene rings is 1. The lowest BCUT2D eigenvalue weighted by Gasteiger charge is -2.30. The molecule has 0 saturated carbocycles. The van der Waals surface area contributed by atoms with Crippen molar-refractivity contribution in [3.05, 3.63) is 48.0 Å². The molecule has 0 saturated heterocycles. The molecule has 0 aliphatic rings. The van der Waals surface area contributed by atoms with Crippen molar-refractivity contribution in [1.29, 1.82) is 0 Å². The van der Waals surface area contributed by atoms with Gasteiger partial charge >= 0.3 is 12.1 Å². The molecule has 0 heterocycles. The van der Waals surface area contributed by atoms with Crippen molar-refractivity contribution >= 4 is 5.97 Å². The van der Waals surface area contributed by atoms with E-state index in [1.54, 1.807) is 6.92 Å². The van der Waals surface area contributed by atoms with Crippen molar-refractivity contribution in [2.24, 2.45) is 5.92 Å². The average molecular weight is 386 g/mol. The predicted octanol–water partition coefficient (Wildman–Crippen LogP) is 5.84. The molecule has 0 amide bonds. The SMILES string of the molecule is C[C@H](C(=O)OCc1ccccc1)[C@H](CC/C=C\CC(F)(F)F)OC(C)(C)C. The number of hydrogen-bond donors (Lipinski definition) is 0. The number of carbonyl (C=O) groups excluding carboxylic acids is 1. The quantitative estimate of drug-likeness (QED) is 0.395. The Hall–Kier alpha value is -1.82. The van der Waals surface area contributed by atoms with Crippen LogP contribution in [0.4, 0.5) is 13.2 Å². The van der Waals surface area contributed by atoms with Gasteiger partial charge in [-0.05, 0) is 46.1 Å². The molecule has 0 N–H and O–H groups in total. The van der Waals surface area contributed by atoms with E-state index in [0.717, 1.165) is 11.6 Å². The van der Waals surface area contributed by atoms with E-state index in [9.17, 15) is 18.0 Å². The second-order valence-corrected chi connectivity index (χ2v) is 7.52. The van der Waals surface area contributed by atoms with Crippen LogP contribution >= 0.6 is 0 Å². The molecule has 0 radical (unpaired) electrons. The Bertz CT molecular complexity index is 589. The molecule has 152 valence electrons. The molecule has 0 aliphatic heterocycles. The molecule has 0 bridgehead atoms. The Labute approximate surface area is 159 Å². The summed E-state index contributed by atoms with van der Waals surface area (Å²) in [7, 11) is 0. The van der Waals surface area contributed by atoms with E-state index in [1.165, 1.54) is 6.08 Å². The molecular weight excluding hydrogens is 357 g/mol. The number of allylic oxidation sites excluding steroid dienone is 2. The van der Waals surface area contributed by atoms with Gasteiger partial charge in [-0.3, -0.25) is 4.79 Å². The van der Waals surface area contributed by atoms with Crippen LogP contribution in [0, 0.1) is 5.92 Å². The molecule has 1 aromatic rings. The summed E-state index contributed by atoms with van der Waals surface area (Å²) in [5, 5.41) is 0. The van der Waals surface area contributed by atoms with Crippen molar-refractivity contribution < 1.29 is 27.4 Å². The lowest BCUT2D eigenvalue weighted by atomic mass is 9.98. The molecule has 1 rings (SSSR count). The minimum absolute atomic E-state index is 0.178. The first-order valence-corrected chi connectivity index (χ1v) is 9.08. The van der Waals surface area contributed by atoms with E-state index >= 15 is 0 Å². The topological polar surface area (TPSA) is 35.5 Å². The lowest BCUT2D eigenvalue weighted by molar-refractivity contribution is -0.160. The first-order chi connectivity index (χ1) is 12.5. The average Bonchev–Trinajstić information content (AvgIpc) is 2.56. The van der Waals surface area contributed by atoms with Crippen LogP contribution in [0.3, 0.4) is 0 Å². The highest BCUT2D eigenvalue weighted by molar-refractivity contribution is 5.72. The monoisotopic (exact) mass is 386 g/mol. The Morgan fingerprint density at radius 1 is 1.11 bits per heavy atom. The molecule has 0 aliphatic carbocycles. The van der Waals surface area contributed by atoms with Crippen molar-refractivity contribution in [1.82, 2.24) is 0 Å². The second-order valence-electron chi connectivity index (χ2n) is 7.52. The number of ether oxygens (including phenoxy) is 2. The van der Waals surface area contributed by atoms with Crippen LogP contribution in [-0.2, 0) is 20.9 Å². The summed E-state index contributed by atoms with van der Waals surface area (Å²) in [4.78, 5) is 12.4. The first-order valence-electron chi connectivity index (χ1n) is 9.08. The lowest BCUT2D eigenvalue weighted by Crippen LogP contribution is -2.36. The Morgan fingerprint density at radius 2 is 1.74 bits per heavy atom. The van der Waals surface area contributed by atoms with Gasteiger partial charge in [-0.25, -0.2) is 0 Å². The molecule has 2 atom stereocenters. The molecule has 6 heteroatoms. The summed E-state index contributed by atoms with van der Waals surface area (Å²) >= 11 is 0. The molecular formula is C21H29F3O3. The third-order valence-electron chi connectivity index (χ3n) is 3.79. The minimum atomic E-state index is -4.20. The van der Waals surface area contributed by atoms with Crippen molar-refractivity contribution in [2.45, 2.75) is 71.4 Å². The van der Waals surface area contributed by atoms with Crippen LogP contribution in [0.15, 0.2) is 42.5 Å². The Morgan fingerprint density at radius 3 is 2.30 bits per heavy atom. The summed E-state index contributed by atoms with van der Waals surface area (Å²) in [5.41, 5.74) is 0.412. The maximum atomic E-state index is 12.4. The molecule has 27 heavy (non-hydrogen) atoms. The predicted molar refractivity (Wildman–Crippen MR) is 99.1 cm³/mol. The van der Waals surface area contributed by atoms with Crippen LogP contribution in [0.25, 0.3) is 0 Å². The molecule has 1 aromatic carbocycles. The van der Waals surface area contributed by atoms with Gasteiger partial charge in [0.05, 0.1) is 24.0 Å². The third-order valence-corrected chi connectivity index (χ3v) is 3.79. The van der Waals surface area contributed by atoms with Crippen LogP contribution in [-0.4, -0.2) is 23.9 Å². The number of esters is 1. The fraction of sp³-hybridized carbons (Fsp3) is 0.571. The summed E-state index contributed by atoms with van der Waals surface area (Å²) < 4.78 is 47.9. The van der Waals surface area contributed by atoms with Gasteiger partial charge in [0.2, 0.25) is 0 Å². The van der Waals surface area contributed by atoms with Crippen molar-refractivity contribution in [2.75, 3.05) is 0 Å². The van der Waals surface area contributed by atoms with Gasteiger partial charge in [-0.15, -0.1) is 0 Å². The molecule has 0 spiro atoms. The fourth-order valence-electron chi connectivity index (χ4n) is 2.47. The highest BCUT2D eigenvalue weighted by Gasteiger charge is 2.29. The van der Waals surface area contributed by atoms with Gasteiger partial charge in [0.25, 0.3) is 0 Å². The van der Waals surface area contributed by atoms with Crippen LogP contribution in [0.2, 0.25) is 0 Å². The number of hydrogen-bond acceptors (Lipinski definition) is 3. The van der Waals surface area contributed by atoms with Gasteiger partial charge < -0.3 is 9.47 Å². The van der Waals surface area contributed by atoms with E-state index in [0.29, 0.717) is 12.8 Å². The smallest absolute Gasteiger partial charge is 0.392 e. The van der Waals surface area contributed by atoms with Gasteiger partial charge in [-0.1, -0.05) is 42.5 Å². The zero-order chi connectivity index (χ0) is 20.5. The van der Waals surface area contributed by atoms with E-state index in [4.69, 9.17) is 9.47 Å². The zero-order valence-electron chi connectivity index (χ0n) is 16.4. The third kappa shape index (κ3) is 10.8. The molecule has 0 aromatic heterocycles. The molecule has 0 fully saturated rings. The standard InChI is InChI=1S/C21H29F3O3/c1-16(19(25)26-15-17-11-7-5-8-12-17)18(27-20(2,3)4)13-9-6-10-14-21(22,23)24/h5-8,10-12,16,18H,9,13-15H2,1-4H3/b10-6-/t16-,18-/m0/s1. The molecule has 0 unspecified atom stereocenters. The fourth-order valence-corrected chi connectivity index (χ4v) is 2.47. The highest BCUT2D eigenvalue weighted by Crippen LogP contribution is 2.23. The Balaban J connectivity index is 2.61. The van der Waals surface area contributed by atoms with Crippen LogP contribution in [0.1, 0.15) is 52.5 Å². The summed E-state index contributed by atoms with van der Waals surface area (Å²) in [6, 6.07) is 9.35. The first kappa shape index (κ1) is 23.2. The number of alkyl halides is 3. The van der Waals surface area contributed by atoms with E-state index in [-0.39, 0.29) is 12.6 Å². The summed E-state index contributed by atoms with van der Waals surface area (Å²) in [6.07, 6.45) is -2.18. The highest BCUT2D eigenvalue weighted by atomic mass is 19.4. The summed E-state index contributed by atoms with van der Waals surface area (Å²) in [6.45, 7) is 7.53. The van der Waals surface area contributed by atoms with Gasteiger partial charge in [0.15, 0.2) is 0 Å². The van der Waals surface area contributed by atoms with Crippen LogP contribution in [0.5, 0.6) is 0 Å². The maximum absolute atomic E-state index is 12.4. The summed E-state index contributed by atoms with van der Waals surface area (Å²) in [5.74, 6) is -0.906. The normalized spacial score (nSPS) is 14.9. The number of carbonyl (C=O) groups is 1. The number of halogens is 3. The van der Waals surface area contributed by atoms with E-state index < -0.39 is 30.2 Å². The molecule has 3 nitrogen and oxygen atoms in total. The number of rotatable bonds is 9. The van der Waals surface area contributed by atoms with Gasteiger partial charge in [0, 0.05) is 0 Å². The van der Waals surface area contributed by atoms with Crippen LogP contribution < -0.4 is 0 Å². The largest absolute Gasteiger partial charge is 0.461 e. The van der Waals surface area contributed by atoms with Gasteiger partial charge in [0.1, 0.15) is 6.61 Å². The zero-order valence-corrected chi connectivity index (χ0v) is 16.4. The van der Waals surface area contributed by atoms with Crippen molar-refractivity contribution in [3.8, 4) is 0 Å². The van der Waals surface area contributed by atoms with Gasteiger partial charge in [-0.2, -0.15) is 13.2 Å². The Kier molecular flexibility index (Phi) is 9.03. The van der Waals surface area contributed by atoms with E-state index in [1.807, 2.05) is 51.1 Å². The second kappa shape index (κ2) is 10.5. The maximum Gasteiger partial charge on any atom is 0.392 e.